The largest absolute Gasteiger partial charge is 0.355 e. The summed E-state index contributed by atoms with van der Waals surface area (Å²) in [6, 6.07) is 0.763. The van der Waals surface area contributed by atoms with Crippen molar-refractivity contribution in [3.8, 4) is 0 Å². The molecule has 0 aromatic heterocycles. The molecule has 4 aliphatic heterocycles. The minimum atomic E-state index is -0.194. The zero-order chi connectivity index (χ0) is 18.2. The van der Waals surface area contributed by atoms with Crippen molar-refractivity contribution >= 4 is 11.9 Å². The molecule has 0 saturated carbocycles. The molecule has 1 unspecified atom stereocenters. The van der Waals surface area contributed by atoms with E-state index in [-0.39, 0.29) is 17.5 Å². The maximum absolute atomic E-state index is 12.7. The van der Waals surface area contributed by atoms with Gasteiger partial charge in [-0.3, -0.25) is 19.6 Å². The van der Waals surface area contributed by atoms with Crippen LogP contribution in [0, 0.1) is 0 Å². The van der Waals surface area contributed by atoms with Crippen LogP contribution >= 0.6 is 0 Å². The third kappa shape index (κ3) is 3.77. The first kappa shape index (κ1) is 18.5. The van der Waals surface area contributed by atoms with Gasteiger partial charge < -0.3 is 15.1 Å². The minimum Gasteiger partial charge on any atom is -0.355 e. The van der Waals surface area contributed by atoms with Crippen LogP contribution in [0.1, 0.15) is 27.7 Å². The number of carbonyl (C=O) groups is 1. The number of amides is 1. The zero-order valence-corrected chi connectivity index (χ0v) is 16.5. The Morgan fingerprint density at radius 2 is 1.96 bits per heavy atom. The fourth-order valence-electron chi connectivity index (χ4n) is 4.77. The van der Waals surface area contributed by atoms with Crippen molar-refractivity contribution in [3.63, 3.8) is 0 Å². The van der Waals surface area contributed by atoms with Crippen LogP contribution in [0.5, 0.6) is 0 Å². The van der Waals surface area contributed by atoms with Gasteiger partial charge in [-0.1, -0.05) is 0 Å². The Kier molecular flexibility index (Phi) is 5.25. The molecule has 4 aliphatic rings. The Hall–Kier alpha value is -1.34. The molecule has 7 heteroatoms. The quantitative estimate of drug-likeness (QED) is 0.569. The van der Waals surface area contributed by atoms with Crippen LogP contribution in [0.4, 0.5) is 0 Å². The second kappa shape index (κ2) is 7.11. The van der Waals surface area contributed by atoms with Gasteiger partial charge in [-0.25, -0.2) is 0 Å². The molecule has 7 nitrogen and oxygen atoms in total. The molecule has 0 aromatic carbocycles. The van der Waals surface area contributed by atoms with E-state index in [1.54, 1.807) is 0 Å². The Morgan fingerprint density at radius 3 is 2.44 bits per heavy atom. The lowest BCUT2D eigenvalue weighted by Crippen LogP contribution is -2.67. The van der Waals surface area contributed by atoms with Crippen LogP contribution < -0.4 is 5.32 Å². The number of hydrogen-bond donors (Lipinski definition) is 1. The maximum Gasteiger partial charge on any atom is 0.242 e. The number of hydrogen-bond acceptors (Lipinski definition) is 4. The zero-order valence-electron chi connectivity index (χ0n) is 16.5. The molecule has 0 aromatic rings. The van der Waals surface area contributed by atoms with Gasteiger partial charge in [0.2, 0.25) is 5.91 Å². The highest BCUT2D eigenvalue weighted by atomic mass is 16.2. The molecule has 1 N–H and O–H groups in total. The molecular weight excluding hydrogens is 316 g/mol. The lowest BCUT2D eigenvalue weighted by molar-refractivity contribution is -0.145. The Morgan fingerprint density at radius 1 is 1.28 bits per heavy atom. The van der Waals surface area contributed by atoms with Crippen LogP contribution in [0.2, 0.25) is 0 Å². The number of rotatable bonds is 3. The van der Waals surface area contributed by atoms with Crippen molar-refractivity contribution in [2.75, 3.05) is 59.4 Å². The van der Waals surface area contributed by atoms with Gasteiger partial charge in [-0.2, -0.15) is 0 Å². The second-order valence-electron chi connectivity index (χ2n) is 8.44. The van der Waals surface area contributed by atoms with E-state index < -0.39 is 0 Å². The average Bonchev–Trinajstić information content (AvgIpc) is 2.54. The van der Waals surface area contributed by atoms with Crippen molar-refractivity contribution in [2.45, 2.75) is 45.3 Å². The maximum atomic E-state index is 12.7. The highest BCUT2D eigenvalue weighted by molar-refractivity contribution is 5.88. The van der Waals surface area contributed by atoms with Crippen LogP contribution in [0.15, 0.2) is 4.99 Å². The van der Waals surface area contributed by atoms with Crippen molar-refractivity contribution in [1.29, 1.82) is 0 Å². The number of carbonyl (C=O) groups excluding carboxylic acids is 1. The van der Waals surface area contributed by atoms with Crippen LogP contribution in [-0.4, -0.2) is 108 Å². The first-order valence-corrected chi connectivity index (χ1v) is 9.56. The third-order valence-corrected chi connectivity index (χ3v) is 5.74. The van der Waals surface area contributed by atoms with E-state index in [0.29, 0.717) is 12.6 Å². The van der Waals surface area contributed by atoms with Crippen molar-refractivity contribution in [3.05, 3.63) is 0 Å². The summed E-state index contributed by atoms with van der Waals surface area (Å²) in [7, 11) is 1.81. The number of guanidine groups is 1. The van der Waals surface area contributed by atoms with Crippen LogP contribution in [0.3, 0.4) is 0 Å². The Bertz CT molecular complexity index is 524. The first-order chi connectivity index (χ1) is 11.8. The number of nitrogens with one attached hydrogen (secondary N) is 1. The summed E-state index contributed by atoms with van der Waals surface area (Å²) in [5.74, 6) is 1.03. The highest BCUT2D eigenvalue weighted by Crippen LogP contribution is 2.24. The molecule has 0 radical (unpaired) electrons. The summed E-state index contributed by atoms with van der Waals surface area (Å²) in [5.41, 5.74) is -0.194. The average molecular weight is 351 g/mol. The Labute approximate surface area is 152 Å². The van der Waals surface area contributed by atoms with Gasteiger partial charge in [0.05, 0.1) is 12.1 Å². The van der Waals surface area contributed by atoms with E-state index in [2.05, 4.69) is 52.7 Å². The lowest BCUT2D eigenvalue weighted by Gasteiger charge is -2.50. The van der Waals surface area contributed by atoms with Crippen molar-refractivity contribution in [1.82, 2.24) is 24.9 Å². The molecule has 4 heterocycles. The summed E-state index contributed by atoms with van der Waals surface area (Å²) in [5, 5.41) is 3.53. The topological polar surface area (TPSA) is 54.4 Å². The number of nitrogens with zero attached hydrogens (tertiary/aromatic N) is 5. The fraction of sp³-hybridized carbons (Fsp3) is 0.889. The van der Waals surface area contributed by atoms with Gasteiger partial charge in [0, 0.05) is 64.9 Å². The lowest BCUT2D eigenvalue weighted by atomic mass is 9.96. The number of aliphatic imine (C=N–C) groups is 1. The van der Waals surface area contributed by atoms with E-state index in [1.165, 1.54) is 26.2 Å². The summed E-state index contributed by atoms with van der Waals surface area (Å²) < 4.78 is 0. The van der Waals surface area contributed by atoms with Gasteiger partial charge in [-0.15, -0.1) is 0 Å². The molecule has 1 amide bonds. The predicted octanol–water partition coefficient (Wildman–Crippen LogP) is -0.107. The van der Waals surface area contributed by atoms with E-state index in [1.807, 2.05) is 11.9 Å². The molecule has 4 saturated heterocycles. The van der Waals surface area contributed by atoms with E-state index in [4.69, 9.17) is 0 Å². The summed E-state index contributed by atoms with van der Waals surface area (Å²) >= 11 is 0. The molecule has 1 atom stereocenters. The Balaban J connectivity index is 1.61. The van der Waals surface area contributed by atoms with Crippen LogP contribution in [-0.2, 0) is 4.79 Å². The number of piperazine rings is 4. The normalized spacial score (nSPS) is 32.5. The fourth-order valence-corrected chi connectivity index (χ4v) is 4.77. The first-order valence-electron chi connectivity index (χ1n) is 9.56. The monoisotopic (exact) mass is 350 g/mol. The third-order valence-electron chi connectivity index (χ3n) is 5.74. The molecule has 2 bridgehead atoms. The standard InChI is InChI=1S/C18H34N6O/c1-14(2)24-16(25)12-23(13-18(24,3)4)17(19-5)20-10-15-11-21-6-8-22(15)9-7-21/h14-15H,6-13H2,1-5H3,(H,19,20). The summed E-state index contributed by atoms with van der Waals surface area (Å²) in [6.07, 6.45) is 0. The van der Waals surface area contributed by atoms with Gasteiger partial charge in [0.25, 0.3) is 0 Å². The summed E-state index contributed by atoms with van der Waals surface area (Å²) in [4.78, 5) is 26.4. The van der Waals surface area contributed by atoms with Gasteiger partial charge >= 0.3 is 0 Å². The smallest absolute Gasteiger partial charge is 0.242 e. The molecule has 4 rings (SSSR count). The molecule has 25 heavy (non-hydrogen) atoms. The van der Waals surface area contributed by atoms with Crippen LogP contribution in [0.25, 0.3) is 0 Å². The van der Waals surface area contributed by atoms with Gasteiger partial charge in [0.1, 0.15) is 0 Å². The van der Waals surface area contributed by atoms with Crippen molar-refractivity contribution < 1.29 is 4.79 Å². The van der Waals surface area contributed by atoms with E-state index in [0.717, 1.165) is 25.6 Å². The highest BCUT2D eigenvalue weighted by Gasteiger charge is 2.41. The molecule has 0 aliphatic carbocycles. The van der Waals surface area contributed by atoms with Crippen molar-refractivity contribution in [2.24, 2.45) is 4.99 Å². The predicted molar refractivity (Wildman–Crippen MR) is 101 cm³/mol. The van der Waals surface area contributed by atoms with E-state index >= 15 is 0 Å². The number of fused-ring (bicyclic) bond motifs is 3. The van der Waals surface area contributed by atoms with E-state index in [9.17, 15) is 4.79 Å². The van der Waals surface area contributed by atoms with Gasteiger partial charge in [0.15, 0.2) is 5.96 Å². The molecule has 142 valence electrons. The SMILES string of the molecule is CN=C(NCC1CN2CCN1CC2)N1CC(=O)N(C(C)C)C(C)(C)C1. The summed E-state index contributed by atoms with van der Waals surface area (Å²) in [6.45, 7) is 16.4. The minimum absolute atomic E-state index is 0.181. The molecule has 4 fully saturated rings. The van der Waals surface area contributed by atoms with Gasteiger partial charge in [-0.05, 0) is 27.7 Å². The molecule has 0 spiro atoms. The second-order valence-corrected chi connectivity index (χ2v) is 8.44. The molecular formula is C18H34N6O.